The molecule has 1 heterocycles. The van der Waals surface area contributed by atoms with Crippen LogP contribution in [0.3, 0.4) is 0 Å². The Kier molecular flexibility index (Phi) is 5.85. The third kappa shape index (κ3) is 3.92. The first kappa shape index (κ1) is 14.4. The largest absolute Gasteiger partial charge is 0.329 e. The van der Waals surface area contributed by atoms with Crippen molar-refractivity contribution in [2.24, 2.45) is 0 Å². The quantitative estimate of drug-likeness (QED) is 0.639. The molecular formula is C11H17ClN2O2S. The van der Waals surface area contributed by atoms with Crippen molar-refractivity contribution >= 4 is 23.4 Å². The molecule has 1 aromatic heterocycles. The van der Waals surface area contributed by atoms with Crippen LogP contribution in [0.1, 0.15) is 24.8 Å². The number of nitrogens with one attached hydrogen (secondary N) is 1. The maximum atomic E-state index is 11.8. The van der Waals surface area contributed by atoms with Crippen molar-refractivity contribution in [3.8, 4) is 0 Å². The molecule has 17 heavy (non-hydrogen) atoms. The van der Waals surface area contributed by atoms with Crippen molar-refractivity contribution in [1.82, 2.24) is 9.55 Å². The molecule has 0 atom stereocenters. The molecule has 1 rings (SSSR count). The molecule has 1 N–H and O–H groups in total. The lowest BCUT2D eigenvalue weighted by Crippen LogP contribution is -2.36. The number of hydrogen-bond acceptors (Lipinski definition) is 3. The molecule has 0 aliphatic heterocycles. The summed E-state index contributed by atoms with van der Waals surface area (Å²) in [5, 5.41) is 0.138. The Labute approximate surface area is 109 Å². The van der Waals surface area contributed by atoms with Crippen molar-refractivity contribution in [3.63, 3.8) is 0 Å². The molecule has 0 amide bonds. The minimum Gasteiger partial charge on any atom is -0.297 e. The maximum absolute atomic E-state index is 11.8. The summed E-state index contributed by atoms with van der Waals surface area (Å²) < 4.78 is 1.22. The van der Waals surface area contributed by atoms with Gasteiger partial charge in [-0.05, 0) is 31.8 Å². The number of nitrogens with zero attached hydrogens (tertiary/aromatic N) is 1. The van der Waals surface area contributed by atoms with Gasteiger partial charge in [-0.3, -0.25) is 14.3 Å². The highest BCUT2D eigenvalue weighted by Gasteiger charge is 2.07. The fraction of sp³-hybridized carbons (Fsp3) is 0.636. The van der Waals surface area contributed by atoms with Gasteiger partial charge in [0.25, 0.3) is 5.56 Å². The van der Waals surface area contributed by atoms with Crippen LogP contribution in [0, 0.1) is 6.92 Å². The molecule has 1 aromatic rings. The van der Waals surface area contributed by atoms with Crippen molar-refractivity contribution in [2.75, 3.05) is 12.0 Å². The van der Waals surface area contributed by atoms with Gasteiger partial charge in [-0.15, -0.1) is 0 Å². The molecule has 6 heteroatoms. The first-order valence-corrected chi connectivity index (χ1v) is 7.33. The first-order chi connectivity index (χ1) is 8.07. The van der Waals surface area contributed by atoms with E-state index in [1.165, 1.54) is 4.57 Å². The molecule has 0 spiro atoms. The van der Waals surface area contributed by atoms with Gasteiger partial charge in [-0.1, -0.05) is 18.0 Å². The molecular weight excluding hydrogens is 260 g/mol. The van der Waals surface area contributed by atoms with Gasteiger partial charge in [0.15, 0.2) is 0 Å². The van der Waals surface area contributed by atoms with Gasteiger partial charge in [0, 0.05) is 12.1 Å². The molecule has 0 aromatic carbocycles. The van der Waals surface area contributed by atoms with E-state index in [1.54, 1.807) is 18.7 Å². The number of rotatable bonds is 6. The summed E-state index contributed by atoms with van der Waals surface area (Å²) in [6.45, 7) is 2.07. The zero-order valence-corrected chi connectivity index (χ0v) is 11.7. The monoisotopic (exact) mass is 276 g/mol. The third-order valence-electron chi connectivity index (χ3n) is 2.59. The second-order valence-electron chi connectivity index (χ2n) is 3.88. The molecule has 0 aliphatic rings. The maximum Gasteiger partial charge on any atom is 0.329 e. The molecule has 96 valence electrons. The van der Waals surface area contributed by atoms with Crippen LogP contribution < -0.4 is 11.2 Å². The Morgan fingerprint density at radius 3 is 2.65 bits per heavy atom. The van der Waals surface area contributed by atoms with Crippen molar-refractivity contribution in [1.29, 1.82) is 0 Å². The summed E-state index contributed by atoms with van der Waals surface area (Å²) >= 11 is 7.53. The standard InChI is InChI=1S/C11H17ClN2O2S/c1-8-9(12)13-11(16)14(10(8)15)6-4-3-5-7-17-2/h3-7H2,1-2H3,(H,13,16). The lowest BCUT2D eigenvalue weighted by atomic mass is 10.2. The van der Waals surface area contributed by atoms with E-state index in [9.17, 15) is 9.59 Å². The predicted octanol–water partition coefficient (Wildman–Crippen LogP) is 2.03. The van der Waals surface area contributed by atoms with Crippen LogP contribution in [0.2, 0.25) is 5.15 Å². The van der Waals surface area contributed by atoms with Crippen molar-refractivity contribution in [3.05, 3.63) is 31.6 Å². The molecule has 0 saturated heterocycles. The van der Waals surface area contributed by atoms with E-state index < -0.39 is 5.69 Å². The van der Waals surface area contributed by atoms with E-state index in [1.807, 2.05) is 0 Å². The zero-order valence-electron chi connectivity index (χ0n) is 10.1. The van der Waals surface area contributed by atoms with Crippen LogP contribution in [0.4, 0.5) is 0 Å². The molecule has 0 saturated carbocycles. The number of aromatic amines is 1. The van der Waals surface area contributed by atoms with Crippen LogP contribution in [0.25, 0.3) is 0 Å². The molecule has 0 unspecified atom stereocenters. The van der Waals surface area contributed by atoms with Crippen LogP contribution in [0.15, 0.2) is 9.59 Å². The summed E-state index contributed by atoms with van der Waals surface area (Å²) in [7, 11) is 0. The van der Waals surface area contributed by atoms with Gasteiger partial charge in [0.1, 0.15) is 5.15 Å². The van der Waals surface area contributed by atoms with Crippen LogP contribution in [-0.2, 0) is 6.54 Å². The van der Waals surface area contributed by atoms with Crippen LogP contribution in [0.5, 0.6) is 0 Å². The molecule has 4 nitrogen and oxygen atoms in total. The SMILES string of the molecule is CSCCCCCn1c(=O)[nH]c(Cl)c(C)c1=O. The van der Waals surface area contributed by atoms with E-state index in [4.69, 9.17) is 11.6 Å². The number of unbranched alkanes of at least 4 members (excludes halogenated alkanes) is 2. The normalized spacial score (nSPS) is 10.8. The molecule has 0 fully saturated rings. The number of hydrogen-bond donors (Lipinski definition) is 1. The second kappa shape index (κ2) is 6.91. The smallest absolute Gasteiger partial charge is 0.297 e. The van der Waals surface area contributed by atoms with Crippen LogP contribution in [-0.4, -0.2) is 21.6 Å². The van der Waals surface area contributed by atoms with Crippen molar-refractivity contribution in [2.45, 2.75) is 32.7 Å². The van der Waals surface area contributed by atoms with E-state index in [2.05, 4.69) is 11.2 Å². The second-order valence-corrected chi connectivity index (χ2v) is 5.24. The lowest BCUT2D eigenvalue weighted by Gasteiger charge is -2.06. The molecule has 0 radical (unpaired) electrons. The summed E-state index contributed by atoms with van der Waals surface area (Å²) in [6.07, 6.45) is 5.04. The molecule has 0 bridgehead atoms. The van der Waals surface area contributed by atoms with Gasteiger partial charge in [0.05, 0.1) is 0 Å². The Morgan fingerprint density at radius 2 is 2.00 bits per heavy atom. The Bertz CT molecular complexity index is 481. The average molecular weight is 277 g/mol. The minimum absolute atomic E-state index is 0.138. The zero-order chi connectivity index (χ0) is 12.8. The van der Waals surface area contributed by atoms with Gasteiger partial charge in [-0.2, -0.15) is 11.8 Å². The Morgan fingerprint density at radius 1 is 1.29 bits per heavy atom. The number of aromatic nitrogens is 2. The summed E-state index contributed by atoms with van der Waals surface area (Å²) in [5.74, 6) is 1.12. The lowest BCUT2D eigenvalue weighted by molar-refractivity contribution is 0.562. The third-order valence-corrected chi connectivity index (χ3v) is 3.66. The van der Waals surface area contributed by atoms with Crippen LogP contribution >= 0.6 is 23.4 Å². The average Bonchev–Trinajstić information content (AvgIpc) is 2.30. The number of H-pyrrole nitrogens is 1. The van der Waals surface area contributed by atoms with Gasteiger partial charge >= 0.3 is 5.69 Å². The van der Waals surface area contributed by atoms with E-state index >= 15 is 0 Å². The fourth-order valence-corrected chi connectivity index (χ4v) is 2.19. The highest BCUT2D eigenvalue weighted by molar-refractivity contribution is 7.98. The highest BCUT2D eigenvalue weighted by Crippen LogP contribution is 2.05. The predicted molar refractivity (Wildman–Crippen MR) is 73.3 cm³/mol. The van der Waals surface area contributed by atoms with E-state index in [-0.39, 0.29) is 10.7 Å². The van der Waals surface area contributed by atoms with Crippen molar-refractivity contribution < 1.29 is 0 Å². The minimum atomic E-state index is -0.421. The fourth-order valence-electron chi connectivity index (χ4n) is 1.54. The Hall–Kier alpha value is -0.680. The molecule has 0 aliphatic carbocycles. The van der Waals surface area contributed by atoms with E-state index in [0.29, 0.717) is 12.1 Å². The number of halogens is 1. The van der Waals surface area contributed by atoms with Gasteiger partial charge < -0.3 is 0 Å². The number of thioether (sulfide) groups is 1. The van der Waals surface area contributed by atoms with Gasteiger partial charge in [-0.25, -0.2) is 4.79 Å². The van der Waals surface area contributed by atoms with E-state index in [0.717, 1.165) is 25.0 Å². The Balaban J connectivity index is 2.69. The summed E-state index contributed by atoms with van der Waals surface area (Å²) in [6, 6.07) is 0. The van der Waals surface area contributed by atoms with Gasteiger partial charge in [0.2, 0.25) is 0 Å². The highest BCUT2D eigenvalue weighted by atomic mass is 35.5. The first-order valence-electron chi connectivity index (χ1n) is 5.56. The summed E-state index contributed by atoms with van der Waals surface area (Å²) in [5.41, 5.74) is -0.311. The summed E-state index contributed by atoms with van der Waals surface area (Å²) in [4.78, 5) is 25.8. The topological polar surface area (TPSA) is 54.9 Å².